The third-order valence-electron chi connectivity index (χ3n) is 1.89. The van der Waals surface area contributed by atoms with E-state index in [0.717, 1.165) is 0 Å². The van der Waals surface area contributed by atoms with Gasteiger partial charge < -0.3 is 9.47 Å². The predicted molar refractivity (Wildman–Crippen MR) is 62.4 cm³/mol. The lowest BCUT2D eigenvalue weighted by atomic mass is 10.3. The van der Waals surface area contributed by atoms with E-state index in [1.807, 2.05) is 6.07 Å². The smallest absolute Gasteiger partial charge is 0.352 e. The molecule has 0 saturated heterocycles. The van der Waals surface area contributed by atoms with Crippen LogP contribution < -0.4 is 4.74 Å². The molecule has 0 N–H and O–H groups in total. The van der Waals surface area contributed by atoms with Gasteiger partial charge in [0.15, 0.2) is 6.10 Å². The first-order valence-corrected chi connectivity index (χ1v) is 5.23. The van der Waals surface area contributed by atoms with Crippen molar-refractivity contribution in [2.24, 2.45) is 0 Å². The van der Waals surface area contributed by atoms with Gasteiger partial charge in [-0.1, -0.05) is 24.3 Å². The molecule has 4 nitrogen and oxygen atoms in total. The summed E-state index contributed by atoms with van der Waals surface area (Å²) < 4.78 is 9.84. The van der Waals surface area contributed by atoms with Crippen LogP contribution in [-0.4, -0.2) is 18.0 Å². The highest BCUT2D eigenvalue weighted by Crippen LogP contribution is 2.10. The number of rotatable bonds is 4. The number of esters is 2. The maximum atomic E-state index is 11.5. The van der Waals surface area contributed by atoms with E-state index in [1.165, 1.54) is 19.1 Å². The van der Waals surface area contributed by atoms with E-state index in [4.69, 9.17) is 9.47 Å². The van der Waals surface area contributed by atoms with Gasteiger partial charge in [0.2, 0.25) is 0 Å². The summed E-state index contributed by atoms with van der Waals surface area (Å²) in [6.07, 6.45) is 1.85. The number of carbonyl (C=O) groups excluding carboxylic acids is 2. The fourth-order valence-corrected chi connectivity index (χ4v) is 1.09. The van der Waals surface area contributed by atoms with Crippen molar-refractivity contribution < 1.29 is 19.1 Å². The van der Waals surface area contributed by atoms with Gasteiger partial charge in [-0.25, -0.2) is 9.59 Å². The number of benzene rings is 1. The predicted octanol–water partition coefficient (Wildman–Crippen LogP) is 2.10. The third-order valence-corrected chi connectivity index (χ3v) is 1.89. The molecule has 17 heavy (non-hydrogen) atoms. The molecule has 0 heterocycles. The molecular formula is C13H14O4. The second kappa shape index (κ2) is 6.48. The molecule has 0 aliphatic carbocycles. The van der Waals surface area contributed by atoms with E-state index in [2.05, 4.69) is 0 Å². The molecule has 0 radical (unpaired) electrons. The fourth-order valence-electron chi connectivity index (χ4n) is 1.09. The Labute approximate surface area is 99.8 Å². The minimum absolute atomic E-state index is 0.423. The number of allylic oxidation sites excluding steroid dienone is 1. The first-order chi connectivity index (χ1) is 8.13. The molecule has 0 fully saturated rings. The van der Waals surface area contributed by atoms with Crippen LogP contribution in [0.2, 0.25) is 0 Å². The quantitative estimate of drug-likeness (QED) is 0.455. The number of hydrogen-bond acceptors (Lipinski definition) is 4. The number of hydrogen-bond donors (Lipinski definition) is 0. The Balaban J connectivity index is 2.50. The molecule has 0 aliphatic rings. The summed E-state index contributed by atoms with van der Waals surface area (Å²) in [6, 6.07) is 8.61. The molecule has 0 amide bonds. The second-order valence-corrected chi connectivity index (χ2v) is 3.31. The van der Waals surface area contributed by atoms with Crippen LogP contribution in [0.4, 0.5) is 0 Å². The maximum Gasteiger partial charge on any atom is 0.352 e. The zero-order valence-corrected chi connectivity index (χ0v) is 9.75. The second-order valence-electron chi connectivity index (χ2n) is 3.31. The van der Waals surface area contributed by atoms with Gasteiger partial charge in [0.1, 0.15) is 5.75 Å². The number of para-hydroxylation sites is 1. The van der Waals surface area contributed by atoms with Crippen molar-refractivity contribution in [1.29, 1.82) is 0 Å². The van der Waals surface area contributed by atoms with Crippen LogP contribution in [0, 0.1) is 0 Å². The Kier molecular flexibility index (Phi) is 4.94. The normalized spacial score (nSPS) is 12.1. The van der Waals surface area contributed by atoms with Gasteiger partial charge in [-0.3, -0.25) is 0 Å². The molecule has 0 bridgehead atoms. The Morgan fingerprint density at radius 2 is 1.88 bits per heavy atom. The van der Waals surface area contributed by atoms with Crippen LogP contribution in [0.1, 0.15) is 13.8 Å². The summed E-state index contributed by atoms with van der Waals surface area (Å²) in [5.41, 5.74) is 0. The van der Waals surface area contributed by atoms with Crippen molar-refractivity contribution in [3.8, 4) is 5.75 Å². The molecule has 1 aromatic carbocycles. The Morgan fingerprint density at radius 3 is 2.47 bits per heavy atom. The molecule has 1 unspecified atom stereocenters. The summed E-state index contributed by atoms with van der Waals surface area (Å²) >= 11 is 0. The van der Waals surface area contributed by atoms with Crippen LogP contribution in [0.15, 0.2) is 42.5 Å². The van der Waals surface area contributed by atoms with E-state index in [1.54, 1.807) is 31.2 Å². The Hall–Kier alpha value is -2.10. The van der Waals surface area contributed by atoms with Gasteiger partial charge in [-0.2, -0.15) is 0 Å². The van der Waals surface area contributed by atoms with E-state index in [9.17, 15) is 9.59 Å². The van der Waals surface area contributed by atoms with Crippen LogP contribution in [0.25, 0.3) is 0 Å². The molecular weight excluding hydrogens is 220 g/mol. The van der Waals surface area contributed by atoms with Gasteiger partial charge in [-0.05, 0) is 26.0 Å². The summed E-state index contributed by atoms with van der Waals surface area (Å²) in [6.45, 7) is 3.15. The molecule has 1 atom stereocenters. The van der Waals surface area contributed by atoms with E-state index in [-0.39, 0.29) is 0 Å². The van der Waals surface area contributed by atoms with Crippen LogP contribution >= 0.6 is 0 Å². The summed E-state index contributed by atoms with van der Waals surface area (Å²) in [7, 11) is 0. The van der Waals surface area contributed by atoms with Crippen molar-refractivity contribution in [2.75, 3.05) is 0 Å². The van der Waals surface area contributed by atoms with Crippen molar-refractivity contribution >= 4 is 11.9 Å². The maximum absolute atomic E-state index is 11.5. The molecule has 0 aliphatic heterocycles. The third kappa shape index (κ3) is 4.51. The first-order valence-electron chi connectivity index (χ1n) is 5.23. The summed E-state index contributed by atoms with van der Waals surface area (Å²) in [5, 5.41) is 0. The minimum Gasteiger partial charge on any atom is -0.447 e. The average molecular weight is 234 g/mol. The van der Waals surface area contributed by atoms with E-state index < -0.39 is 18.0 Å². The van der Waals surface area contributed by atoms with Crippen molar-refractivity contribution in [3.05, 3.63) is 42.5 Å². The lowest BCUT2D eigenvalue weighted by Gasteiger charge is -2.11. The largest absolute Gasteiger partial charge is 0.447 e. The van der Waals surface area contributed by atoms with Crippen LogP contribution in [-0.2, 0) is 14.3 Å². The van der Waals surface area contributed by atoms with E-state index in [0.29, 0.717) is 5.75 Å². The minimum atomic E-state index is -0.932. The molecule has 0 saturated carbocycles. The van der Waals surface area contributed by atoms with E-state index >= 15 is 0 Å². The van der Waals surface area contributed by atoms with Crippen molar-refractivity contribution in [3.63, 3.8) is 0 Å². The van der Waals surface area contributed by atoms with Gasteiger partial charge in [0.05, 0.1) is 0 Å². The van der Waals surface area contributed by atoms with Crippen LogP contribution in [0.3, 0.4) is 0 Å². The van der Waals surface area contributed by atoms with Crippen molar-refractivity contribution in [1.82, 2.24) is 0 Å². The summed E-state index contributed by atoms with van der Waals surface area (Å²) in [4.78, 5) is 22.6. The van der Waals surface area contributed by atoms with Gasteiger partial charge in [0.25, 0.3) is 0 Å². The number of carbonyl (C=O) groups is 2. The SMILES string of the molecule is C/C=C\C(=O)OC(C)C(=O)Oc1ccccc1. The average Bonchev–Trinajstić information content (AvgIpc) is 2.30. The van der Waals surface area contributed by atoms with Gasteiger partial charge >= 0.3 is 11.9 Å². The van der Waals surface area contributed by atoms with Crippen molar-refractivity contribution in [2.45, 2.75) is 20.0 Å². The lowest BCUT2D eigenvalue weighted by Crippen LogP contribution is -2.27. The zero-order valence-electron chi connectivity index (χ0n) is 9.75. The molecule has 90 valence electrons. The molecule has 4 heteroatoms. The molecule has 1 rings (SSSR count). The molecule has 1 aromatic rings. The highest BCUT2D eigenvalue weighted by molar-refractivity contribution is 5.85. The molecule has 0 aromatic heterocycles. The highest BCUT2D eigenvalue weighted by atomic mass is 16.6. The van der Waals surface area contributed by atoms with Gasteiger partial charge in [-0.15, -0.1) is 0 Å². The Morgan fingerprint density at radius 1 is 1.24 bits per heavy atom. The fraction of sp³-hybridized carbons (Fsp3) is 0.231. The van der Waals surface area contributed by atoms with Crippen LogP contribution in [0.5, 0.6) is 5.75 Å². The zero-order chi connectivity index (χ0) is 12.7. The monoisotopic (exact) mass is 234 g/mol. The lowest BCUT2D eigenvalue weighted by molar-refractivity contribution is -0.157. The number of ether oxygens (including phenoxy) is 2. The standard InChI is InChI=1S/C13H14O4/c1-3-7-12(14)16-10(2)13(15)17-11-8-5-4-6-9-11/h3-10H,1-2H3/b7-3-. The summed E-state index contributed by atoms with van der Waals surface area (Å²) in [5.74, 6) is -0.745. The Bertz CT molecular complexity index is 409. The molecule has 0 spiro atoms. The first kappa shape index (κ1) is 13.0. The van der Waals surface area contributed by atoms with Gasteiger partial charge in [0, 0.05) is 6.08 Å². The highest BCUT2D eigenvalue weighted by Gasteiger charge is 2.18. The topological polar surface area (TPSA) is 52.6 Å².